The number of nitrogens with zero attached hydrogens (tertiary/aromatic N) is 1. The summed E-state index contributed by atoms with van der Waals surface area (Å²) < 4.78 is 21.2. The predicted molar refractivity (Wildman–Crippen MR) is 122 cm³/mol. The lowest BCUT2D eigenvalue weighted by Gasteiger charge is -2.42. The highest BCUT2D eigenvalue weighted by atomic mass is 16.6. The molecule has 1 aromatic rings. The number of methoxy groups -OCH3 is 1. The maximum Gasteiger partial charge on any atom is 0.430 e. The van der Waals surface area contributed by atoms with Gasteiger partial charge in [-0.2, -0.15) is 5.01 Å². The van der Waals surface area contributed by atoms with E-state index in [1.54, 1.807) is 60.6 Å². The van der Waals surface area contributed by atoms with Crippen LogP contribution in [0.4, 0.5) is 9.59 Å². The van der Waals surface area contributed by atoms with Gasteiger partial charge in [0.1, 0.15) is 17.0 Å². The summed E-state index contributed by atoms with van der Waals surface area (Å²) in [5.74, 6) is -1.15. The molecule has 1 N–H and O–H groups in total. The first kappa shape index (κ1) is 26.9. The van der Waals surface area contributed by atoms with Gasteiger partial charge in [0.15, 0.2) is 0 Å². The van der Waals surface area contributed by atoms with E-state index < -0.39 is 40.7 Å². The number of hydrazine groups is 1. The van der Waals surface area contributed by atoms with Crippen molar-refractivity contribution in [2.75, 3.05) is 13.7 Å². The van der Waals surface area contributed by atoms with Crippen molar-refractivity contribution in [1.29, 1.82) is 0 Å². The number of hydrogen-bond donors (Lipinski definition) is 1. The van der Waals surface area contributed by atoms with Gasteiger partial charge in [-0.05, 0) is 85.1 Å². The molecule has 0 spiro atoms. The Morgan fingerprint density at radius 2 is 1.68 bits per heavy atom. The molecule has 2 rings (SSSR count). The minimum Gasteiger partial charge on any atom is -0.497 e. The molecule has 0 fully saturated rings. The van der Waals surface area contributed by atoms with E-state index in [4.69, 9.17) is 18.9 Å². The van der Waals surface area contributed by atoms with Crippen LogP contribution < -0.4 is 10.2 Å². The quantitative estimate of drug-likeness (QED) is 0.300. The van der Waals surface area contributed by atoms with Gasteiger partial charge in [-0.3, -0.25) is 4.79 Å². The van der Waals surface area contributed by atoms with Gasteiger partial charge in [0.25, 0.3) is 0 Å². The third-order valence-corrected chi connectivity index (χ3v) is 4.86. The molecule has 1 aliphatic rings. The standard InChI is InChI=1S/C24H34N2O8/c1-9-32-19(28)24(13-12-15-14-16(31-8)10-11-17(15)18(24)27)26(21(30)34-23(5,6)7)25-20(29)33-22(2,3)4/h10-11,14H,9,12-13H2,1-8H3,(H,25,29)/t24-/m1/s1. The molecule has 34 heavy (non-hydrogen) atoms. The molecule has 0 heterocycles. The molecule has 0 aromatic heterocycles. The van der Waals surface area contributed by atoms with Crippen molar-refractivity contribution < 1.29 is 38.1 Å². The number of Topliss-reactive ketones (excluding diaryl/α,β-unsaturated/α-hetero) is 1. The Labute approximate surface area is 199 Å². The first-order valence-electron chi connectivity index (χ1n) is 11.1. The van der Waals surface area contributed by atoms with Gasteiger partial charge in [0.2, 0.25) is 11.3 Å². The number of aryl methyl sites for hydroxylation is 1. The summed E-state index contributed by atoms with van der Waals surface area (Å²) in [6, 6.07) is 4.79. The molecule has 0 saturated heterocycles. The number of fused-ring (bicyclic) bond motifs is 1. The van der Waals surface area contributed by atoms with E-state index in [-0.39, 0.29) is 25.0 Å². The Bertz CT molecular complexity index is 961. The Hall–Kier alpha value is -3.30. The first-order valence-corrected chi connectivity index (χ1v) is 11.1. The molecule has 188 valence electrons. The molecule has 0 bridgehead atoms. The van der Waals surface area contributed by atoms with Gasteiger partial charge in [0.05, 0.1) is 13.7 Å². The SMILES string of the molecule is CCOC(=O)[C@@]1(N(NC(=O)OC(C)(C)C)C(=O)OC(C)(C)C)CCc2cc(OC)ccc2C1=O. The van der Waals surface area contributed by atoms with Gasteiger partial charge in [0, 0.05) is 5.56 Å². The molecular weight excluding hydrogens is 444 g/mol. The summed E-state index contributed by atoms with van der Waals surface area (Å²) in [6.45, 7) is 11.3. The highest BCUT2D eigenvalue weighted by Crippen LogP contribution is 2.36. The van der Waals surface area contributed by atoms with Crippen LogP contribution in [0.2, 0.25) is 0 Å². The topological polar surface area (TPSA) is 120 Å². The van der Waals surface area contributed by atoms with Crippen molar-refractivity contribution >= 4 is 23.9 Å². The van der Waals surface area contributed by atoms with Gasteiger partial charge < -0.3 is 18.9 Å². The number of amides is 2. The van der Waals surface area contributed by atoms with Crippen LogP contribution in [0.25, 0.3) is 0 Å². The van der Waals surface area contributed by atoms with Crippen LogP contribution in [-0.2, 0) is 25.4 Å². The maximum atomic E-state index is 13.8. The van der Waals surface area contributed by atoms with Crippen molar-refractivity contribution in [3.8, 4) is 5.75 Å². The molecule has 10 heteroatoms. The van der Waals surface area contributed by atoms with Crippen molar-refractivity contribution in [2.45, 2.75) is 78.0 Å². The van der Waals surface area contributed by atoms with Crippen molar-refractivity contribution in [3.05, 3.63) is 29.3 Å². The molecule has 0 unspecified atom stereocenters. The lowest BCUT2D eigenvalue weighted by molar-refractivity contribution is -0.156. The number of carbonyl (C=O) groups excluding carboxylic acids is 4. The third-order valence-electron chi connectivity index (χ3n) is 4.86. The van der Waals surface area contributed by atoms with Gasteiger partial charge in [-0.1, -0.05) is 0 Å². The van der Waals surface area contributed by atoms with E-state index in [2.05, 4.69) is 5.43 Å². The molecule has 0 radical (unpaired) electrons. The number of hydrogen-bond acceptors (Lipinski definition) is 8. The highest BCUT2D eigenvalue weighted by Gasteiger charge is 2.58. The van der Waals surface area contributed by atoms with Crippen molar-refractivity contribution in [1.82, 2.24) is 10.4 Å². The number of ketones is 1. The molecule has 1 aliphatic carbocycles. The average Bonchev–Trinajstić information content (AvgIpc) is 2.70. The largest absolute Gasteiger partial charge is 0.497 e. The Morgan fingerprint density at radius 1 is 1.06 bits per heavy atom. The molecular formula is C24H34N2O8. The minimum atomic E-state index is -2.20. The van der Waals surface area contributed by atoms with E-state index in [0.29, 0.717) is 16.3 Å². The zero-order valence-corrected chi connectivity index (χ0v) is 21.1. The molecule has 0 aliphatic heterocycles. The monoisotopic (exact) mass is 478 g/mol. The number of rotatable bonds is 4. The van der Waals surface area contributed by atoms with E-state index in [0.717, 1.165) is 0 Å². The van der Waals surface area contributed by atoms with E-state index in [1.165, 1.54) is 13.2 Å². The minimum absolute atomic E-state index is 0.0437. The molecule has 1 aromatic carbocycles. The highest BCUT2D eigenvalue weighted by molar-refractivity contribution is 6.19. The lowest BCUT2D eigenvalue weighted by Crippen LogP contribution is -2.69. The molecule has 2 amide bonds. The molecule has 1 atom stereocenters. The fourth-order valence-electron chi connectivity index (χ4n) is 3.52. The fourth-order valence-corrected chi connectivity index (χ4v) is 3.52. The molecule has 0 saturated carbocycles. The zero-order valence-electron chi connectivity index (χ0n) is 21.1. The number of esters is 1. The van der Waals surface area contributed by atoms with Crippen molar-refractivity contribution in [3.63, 3.8) is 0 Å². The Kier molecular flexibility index (Phi) is 7.85. The maximum absolute atomic E-state index is 13.8. The number of ether oxygens (including phenoxy) is 4. The normalized spacial score (nSPS) is 17.8. The van der Waals surface area contributed by atoms with E-state index in [1.807, 2.05) is 0 Å². The summed E-state index contributed by atoms with van der Waals surface area (Å²) in [7, 11) is 1.50. The van der Waals surface area contributed by atoms with Crippen LogP contribution in [0.3, 0.4) is 0 Å². The number of nitrogens with one attached hydrogen (secondary N) is 1. The number of benzene rings is 1. The average molecular weight is 479 g/mol. The predicted octanol–water partition coefficient (Wildman–Crippen LogP) is 3.80. The van der Waals surface area contributed by atoms with Crippen LogP contribution in [0.1, 0.15) is 70.8 Å². The fraction of sp³-hybridized carbons (Fsp3) is 0.583. The second kappa shape index (κ2) is 9.90. The zero-order chi connectivity index (χ0) is 25.9. The smallest absolute Gasteiger partial charge is 0.430 e. The van der Waals surface area contributed by atoms with E-state index >= 15 is 0 Å². The van der Waals surface area contributed by atoms with Crippen LogP contribution in [0.15, 0.2) is 18.2 Å². The van der Waals surface area contributed by atoms with Crippen LogP contribution in [0.5, 0.6) is 5.75 Å². The Morgan fingerprint density at radius 3 is 2.21 bits per heavy atom. The summed E-state index contributed by atoms with van der Waals surface area (Å²) in [5, 5.41) is 0.611. The van der Waals surface area contributed by atoms with Crippen LogP contribution in [0, 0.1) is 0 Å². The Balaban J connectivity index is 2.64. The first-order chi connectivity index (χ1) is 15.6. The number of carbonyl (C=O) groups is 4. The summed E-state index contributed by atoms with van der Waals surface area (Å²) in [6.07, 6.45) is -2.06. The summed E-state index contributed by atoms with van der Waals surface area (Å²) in [5.41, 5.74) is -0.949. The van der Waals surface area contributed by atoms with Crippen molar-refractivity contribution in [2.24, 2.45) is 0 Å². The van der Waals surface area contributed by atoms with Crippen LogP contribution >= 0.6 is 0 Å². The third kappa shape index (κ3) is 5.98. The van der Waals surface area contributed by atoms with Gasteiger partial charge in [-0.25, -0.2) is 19.8 Å². The van der Waals surface area contributed by atoms with Crippen LogP contribution in [-0.4, -0.2) is 59.4 Å². The lowest BCUT2D eigenvalue weighted by atomic mass is 9.76. The van der Waals surface area contributed by atoms with Gasteiger partial charge in [-0.15, -0.1) is 0 Å². The summed E-state index contributed by atoms with van der Waals surface area (Å²) in [4.78, 5) is 53.1. The second-order valence-corrected chi connectivity index (χ2v) is 9.86. The van der Waals surface area contributed by atoms with E-state index in [9.17, 15) is 19.2 Å². The summed E-state index contributed by atoms with van der Waals surface area (Å²) >= 11 is 0. The molecule has 10 nitrogen and oxygen atoms in total. The second-order valence-electron chi connectivity index (χ2n) is 9.86. The van der Waals surface area contributed by atoms with Gasteiger partial charge >= 0.3 is 18.2 Å².